The van der Waals surface area contributed by atoms with Crippen molar-refractivity contribution in [2.75, 3.05) is 25.0 Å². The molecule has 1 aliphatic rings. The van der Waals surface area contributed by atoms with Crippen molar-refractivity contribution >= 4 is 36.4 Å². The maximum Gasteiger partial charge on any atom is 0.244 e. The van der Waals surface area contributed by atoms with Crippen LogP contribution in [0.2, 0.25) is 0 Å². The number of amides is 1. The molecule has 130 valence electrons. The Hall–Kier alpha value is -1.75. The predicted molar refractivity (Wildman–Crippen MR) is 103 cm³/mol. The van der Waals surface area contributed by atoms with Crippen LogP contribution >= 0.6 is 24.8 Å². The molecule has 2 aromatic rings. The molecule has 6 heteroatoms. The molecule has 0 aromatic heterocycles. The summed E-state index contributed by atoms with van der Waals surface area (Å²) in [6, 6.07) is 17.2. The van der Waals surface area contributed by atoms with Gasteiger partial charge < -0.3 is 15.5 Å². The van der Waals surface area contributed by atoms with Gasteiger partial charge in [-0.05, 0) is 17.2 Å². The second kappa shape index (κ2) is 8.92. The number of hydrogen-bond acceptors (Lipinski definition) is 3. The average molecular weight is 368 g/mol. The van der Waals surface area contributed by atoms with Gasteiger partial charge >= 0.3 is 0 Å². The monoisotopic (exact) mass is 367 g/mol. The number of rotatable bonds is 2. The highest BCUT2D eigenvalue weighted by molar-refractivity contribution is 5.85. The Balaban J connectivity index is 0.00000144. The molecule has 0 aliphatic carbocycles. The van der Waals surface area contributed by atoms with Crippen LogP contribution in [0.25, 0.3) is 0 Å². The lowest BCUT2D eigenvalue weighted by Crippen LogP contribution is -2.40. The summed E-state index contributed by atoms with van der Waals surface area (Å²) in [4.78, 5) is 16.8. The van der Waals surface area contributed by atoms with Crippen LogP contribution in [0.5, 0.6) is 0 Å². The van der Waals surface area contributed by atoms with E-state index in [0.29, 0.717) is 13.1 Å². The minimum Gasteiger partial charge on any atom is -0.373 e. The molecule has 0 bridgehead atoms. The van der Waals surface area contributed by atoms with Crippen LogP contribution in [0.15, 0.2) is 54.6 Å². The van der Waals surface area contributed by atoms with Crippen molar-refractivity contribution in [1.82, 2.24) is 4.90 Å². The number of halogens is 2. The summed E-state index contributed by atoms with van der Waals surface area (Å²) in [6.07, 6.45) is 0. The van der Waals surface area contributed by atoms with Crippen LogP contribution in [-0.4, -0.2) is 30.9 Å². The molecule has 2 N–H and O–H groups in total. The van der Waals surface area contributed by atoms with Gasteiger partial charge in [0.25, 0.3) is 0 Å². The molecular weight excluding hydrogens is 345 g/mol. The summed E-state index contributed by atoms with van der Waals surface area (Å²) in [5.41, 5.74) is 9.38. The van der Waals surface area contributed by atoms with Crippen molar-refractivity contribution < 1.29 is 4.79 Å². The van der Waals surface area contributed by atoms with Gasteiger partial charge in [-0.1, -0.05) is 48.5 Å². The van der Waals surface area contributed by atoms with Gasteiger partial charge in [-0.2, -0.15) is 0 Å². The number of benzene rings is 2. The molecule has 1 heterocycles. The molecule has 1 aliphatic heterocycles. The molecule has 1 amide bonds. The molecule has 0 fully saturated rings. The van der Waals surface area contributed by atoms with E-state index in [1.807, 2.05) is 47.4 Å². The Morgan fingerprint density at radius 2 is 1.62 bits per heavy atom. The maximum absolute atomic E-state index is 12.8. The third kappa shape index (κ3) is 4.20. The lowest BCUT2D eigenvalue weighted by Gasteiger charge is -2.24. The summed E-state index contributed by atoms with van der Waals surface area (Å²) in [7, 11) is 2.06. The zero-order valence-corrected chi connectivity index (χ0v) is 15.2. The first kappa shape index (κ1) is 20.3. The van der Waals surface area contributed by atoms with Gasteiger partial charge in [-0.3, -0.25) is 4.79 Å². The van der Waals surface area contributed by atoms with Crippen LogP contribution in [0.1, 0.15) is 17.2 Å². The normalized spacial score (nSPS) is 14.6. The summed E-state index contributed by atoms with van der Waals surface area (Å²) in [5, 5.41) is 0. The van der Waals surface area contributed by atoms with Crippen LogP contribution in [-0.2, 0) is 11.3 Å². The molecule has 0 radical (unpaired) electrons. The minimum atomic E-state index is -0.600. The Labute approximate surface area is 155 Å². The van der Waals surface area contributed by atoms with Crippen LogP contribution in [0.4, 0.5) is 5.69 Å². The van der Waals surface area contributed by atoms with Gasteiger partial charge in [0.15, 0.2) is 0 Å². The first-order valence-corrected chi connectivity index (χ1v) is 7.55. The zero-order chi connectivity index (χ0) is 15.5. The highest BCUT2D eigenvalue weighted by Gasteiger charge is 2.25. The number of fused-ring (bicyclic) bond motifs is 1. The lowest BCUT2D eigenvalue weighted by atomic mass is 10.1. The Morgan fingerprint density at radius 3 is 2.33 bits per heavy atom. The quantitative estimate of drug-likeness (QED) is 0.887. The Morgan fingerprint density at radius 1 is 1.00 bits per heavy atom. The predicted octanol–water partition coefficient (Wildman–Crippen LogP) is 3.01. The Bertz CT molecular complexity index is 666. The van der Waals surface area contributed by atoms with Gasteiger partial charge in [-0.25, -0.2) is 0 Å². The SMILES string of the molecule is CN1CCN(C(=O)C(N)c2ccccc2)Cc2ccccc21.Cl.Cl. The number of para-hydroxylation sites is 1. The van der Waals surface area contributed by atoms with E-state index >= 15 is 0 Å². The van der Waals surface area contributed by atoms with Gasteiger partial charge in [0.1, 0.15) is 6.04 Å². The molecule has 4 nitrogen and oxygen atoms in total. The number of carbonyl (C=O) groups is 1. The largest absolute Gasteiger partial charge is 0.373 e. The minimum absolute atomic E-state index is 0. The van der Waals surface area contributed by atoms with Crippen molar-refractivity contribution in [2.45, 2.75) is 12.6 Å². The number of nitrogens with two attached hydrogens (primary N) is 1. The summed E-state index contributed by atoms with van der Waals surface area (Å²) >= 11 is 0. The van der Waals surface area contributed by atoms with E-state index in [2.05, 4.69) is 24.1 Å². The first-order valence-electron chi connectivity index (χ1n) is 7.55. The van der Waals surface area contributed by atoms with E-state index < -0.39 is 6.04 Å². The van der Waals surface area contributed by atoms with E-state index in [1.165, 1.54) is 5.69 Å². The van der Waals surface area contributed by atoms with Crippen molar-refractivity contribution in [3.8, 4) is 0 Å². The third-order valence-electron chi connectivity index (χ3n) is 4.21. The van der Waals surface area contributed by atoms with Crippen molar-refractivity contribution in [2.24, 2.45) is 5.73 Å². The van der Waals surface area contributed by atoms with E-state index in [-0.39, 0.29) is 30.7 Å². The van der Waals surface area contributed by atoms with Crippen molar-refractivity contribution in [3.05, 3.63) is 65.7 Å². The third-order valence-corrected chi connectivity index (χ3v) is 4.21. The topological polar surface area (TPSA) is 49.6 Å². The Kier molecular flexibility index (Phi) is 7.55. The second-order valence-corrected chi connectivity index (χ2v) is 5.70. The van der Waals surface area contributed by atoms with E-state index in [0.717, 1.165) is 17.7 Å². The summed E-state index contributed by atoms with van der Waals surface area (Å²) in [6.45, 7) is 2.11. The first-order chi connectivity index (χ1) is 10.7. The molecule has 1 atom stereocenters. The fourth-order valence-corrected chi connectivity index (χ4v) is 2.88. The molecule has 0 saturated carbocycles. The van der Waals surface area contributed by atoms with E-state index in [9.17, 15) is 4.79 Å². The number of carbonyl (C=O) groups excluding carboxylic acids is 1. The maximum atomic E-state index is 12.8. The second-order valence-electron chi connectivity index (χ2n) is 5.70. The molecule has 0 saturated heterocycles. The van der Waals surface area contributed by atoms with Gasteiger partial charge in [0.05, 0.1) is 0 Å². The van der Waals surface area contributed by atoms with Crippen LogP contribution < -0.4 is 10.6 Å². The summed E-state index contributed by atoms with van der Waals surface area (Å²) < 4.78 is 0. The van der Waals surface area contributed by atoms with Crippen molar-refractivity contribution in [1.29, 1.82) is 0 Å². The average Bonchev–Trinajstić information content (AvgIpc) is 2.74. The van der Waals surface area contributed by atoms with Gasteiger partial charge in [0.2, 0.25) is 5.91 Å². The summed E-state index contributed by atoms with van der Waals surface area (Å²) in [5.74, 6) is -0.0173. The van der Waals surface area contributed by atoms with E-state index in [1.54, 1.807) is 0 Å². The zero-order valence-electron chi connectivity index (χ0n) is 13.6. The van der Waals surface area contributed by atoms with Crippen molar-refractivity contribution in [3.63, 3.8) is 0 Å². The molecule has 2 aromatic carbocycles. The lowest BCUT2D eigenvalue weighted by molar-refractivity contribution is -0.133. The number of hydrogen-bond donors (Lipinski definition) is 1. The van der Waals surface area contributed by atoms with Gasteiger partial charge in [-0.15, -0.1) is 24.8 Å². The fourth-order valence-electron chi connectivity index (χ4n) is 2.88. The van der Waals surface area contributed by atoms with Crippen LogP contribution in [0.3, 0.4) is 0 Å². The molecular formula is C18H23Cl2N3O. The molecule has 1 unspecified atom stereocenters. The molecule has 0 spiro atoms. The molecule has 24 heavy (non-hydrogen) atoms. The smallest absolute Gasteiger partial charge is 0.244 e. The number of likely N-dealkylation sites (N-methyl/N-ethyl adjacent to an activating group) is 1. The van der Waals surface area contributed by atoms with E-state index in [4.69, 9.17) is 5.73 Å². The standard InChI is InChI=1S/C18H21N3O.2ClH/c1-20-11-12-21(13-15-9-5-6-10-16(15)20)18(22)17(19)14-7-3-2-4-8-14;;/h2-10,17H,11-13,19H2,1H3;2*1H. The highest BCUT2D eigenvalue weighted by atomic mass is 35.5. The fraction of sp³-hybridized carbons (Fsp3) is 0.278. The van der Waals surface area contributed by atoms with Gasteiger partial charge in [0, 0.05) is 32.4 Å². The number of nitrogens with zero attached hydrogens (tertiary/aromatic N) is 2. The molecule has 3 rings (SSSR count). The highest BCUT2D eigenvalue weighted by Crippen LogP contribution is 2.25. The number of anilines is 1. The van der Waals surface area contributed by atoms with Crippen LogP contribution in [0, 0.1) is 0 Å².